The van der Waals surface area contributed by atoms with Gasteiger partial charge in [-0.1, -0.05) is 29.8 Å². The van der Waals surface area contributed by atoms with Crippen LogP contribution < -0.4 is 10.6 Å². The second-order valence-electron chi connectivity index (χ2n) is 5.17. The molecule has 1 saturated heterocycles. The van der Waals surface area contributed by atoms with Crippen LogP contribution in [0.4, 0.5) is 0 Å². The summed E-state index contributed by atoms with van der Waals surface area (Å²) in [7, 11) is -2.87. The van der Waals surface area contributed by atoms with Crippen LogP contribution in [-0.4, -0.2) is 38.4 Å². The Hall–Kier alpha value is -1.11. The number of carbonyl (C=O) groups is 1. The molecule has 0 radical (unpaired) electrons. The van der Waals surface area contributed by atoms with E-state index in [-0.39, 0.29) is 23.5 Å². The molecule has 1 aliphatic heterocycles. The van der Waals surface area contributed by atoms with E-state index in [2.05, 4.69) is 10.6 Å². The van der Waals surface area contributed by atoms with Crippen molar-refractivity contribution in [2.75, 3.05) is 18.1 Å². The summed E-state index contributed by atoms with van der Waals surface area (Å²) in [4.78, 5) is 11.7. The predicted molar refractivity (Wildman–Crippen MR) is 83.0 cm³/mol. The van der Waals surface area contributed by atoms with Gasteiger partial charge in [0.1, 0.15) is 0 Å². The monoisotopic (exact) mass is 330 g/mol. The van der Waals surface area contributed by atoms with Crippen molar-refractivity contribution < 1.29 is 13.2 Å². The largest absolute Gasteiger partial charge is 0.352 e. The minimum Gasteiger partial charge on any atom is -0.352 e. The molecule has 2 rings (SSSR count). The summed E-state index contributed by atoms with van der Waals surface area (Å²) in [6.45, 7) is 0.880. The Morgan fingerprint density at radius 1 is 1.33 bits per heavy atom. The summed E-state index contributed by atoms with van der Waals surface area (Å²) < 4.78 is 22.6. The Morgan fingerprint density at radius 3 is 2.76 bits per heavy atom. The van der Waals surface area contributed by atoms with Crippen LogP contribution in [0.1, 0.15) is 18.4 Å². The number of hydrogen-bond acceptors (Lipinski definition) is 4. The van der Waals surface area contributed by atoms with E-state index in [1.165, 1.54) is 0 Å². The third kappa shape index (κ3) is 5.30. The van der Waals surface area contributed by atoms with Crippen molar-refractivity contribution in [2.45, 2.75) is 25.4 Å². The SMILES string of the molecule is O=C(CCNC1CCS(=O)(=O)C1)NCc1ccccc1Cl. The van der Waals surface area contributed by atoms with Gasteiger partial charge in [0, 0.05) is 30.6 Å². The summed E-state index contributed by atoms with van der Waals surface area (Å²) in [6, 6.07) is 7.34. The molecule has 7 heteroatoms. The zero-order chi connectivity index (χ0) is 15.3. The third-order valence-corrected chi connectivity index (χ3v) is 5.59. The highest BCUT2D eigenvalue weighted by Gasteiger charge is 2.27. The van der Waals surface area contributed by atoms with Gasteiger partial charge in [-0.2, -0.15) is 0 Å². The molecule has 1 aromatic carbocycles. The van der Waals surface area contributed by atoms with Crippen LogP contribution in [0.5, 0.6) is 0 Å². The van der Waals surface area contributed by atoms with E-state index in [1.54, 1.807) is 6.07 Å². The first kappa shape index (κ1) is 16.3. The Kier molecular flexibility index (Phi) is 5.61. The van der Waals surface area contributed by atoms with Crippen LogP contribution in [0.15, 0.2) is 24.3 Å². The second kappa shape index (κ2) is 7.24. The molecule has 1 amide bonds. The van der Waals surface area contributed by atoms with E-state index in [0.717, 1.165) is 5.56 Å². The number of nitrogens with one attached hydrogen (secondary N) is 2. The fraction of sp³-hybridized carbons (Fsp3) is 0.500. The normalized spacial score (nSPS) is 20.3. The van der Waals surface area contributed by atoms with Gasteiger partial charge in [-0.15, -0.1) is 0 Å². The van der Waals surface area contributed by atoms with Crippen molar-refractivity contribution in [3.05, 3.63) is 34.9 Å². The number of amides is 1. The van der Waals surface area contributed by atoms with Crippen LogP contribution in [0, 0.1) is 0 Å². The van der Waals surface area contributed by atoms with E-state index in [1.807, 2.05) is 18.2 Å². The van der Waals surface area contributed by atoms with Gasteiger partial charge in [0.2, 0.25) is 5.91 Å². The molecule has 0 bridgehead atoms. The molecule has 0 aromatic heterocycles. The van der Waals surface area contributed by atoms with E-state index in [4.69, 9.17) is 11.6 Å². The highest BCUT2D eigenvalue weighted by atomic mass is 35.5. The molecule has 116 valence electrons. The number of rotatable bonds is 6. The Balaban J connectivity index is 1.65. The molecule has 1 aliphatic rings. The van der Waals surface area contributed by atoms with Gasteiger partial charge in [0.05, 0.1) is 11.5 Å². The topological polar surface area (TPSA) is 75.3 Å². The van der Waals surface area contributed by atoms with Crippen molar-refractivity contribution in [2.24, 2.45) is 0 Å². The lowest BCUT2D eigenvalue weighted by atomic mass is 10.2. The molecule has 1 fully saturated rings. The van der Waals surface area contributed by atoms with E-state index in [9.17, 15) is 13.2 Å². The Morgan fingerprint density at radius 2 is 2.10 bits per heavy atom. The molecule has 2 N–H and O–H groups in total. The maximum atomic E-state index is 11.7. The summed E-state index contributed by atoms with van der Waals surface area (Å²) in [6.07, 6.45) is 0.949. The van der Waals surface area contributed by atoms with Crippen molar-refractivity contribution >= 4 is 27.3 Å². The standard InChI is InChI=1S/C14H19ClN2O3S/c15-13-4-2-1-3-11(13)9-17-14(18)5-7-16-12-6-8-21(19,20)10-12/h1-4,12,16H,5-10H2,(H,17,18). The van der Waals surface area contributed by atoms with Crippen LogP contribution in [0.2, 0.25) is 5.02 Å². The summed E-state index contributed by atoms with van der Waals surface area (Å²) in [5, 5.41) is 6.54. The molecule has 1 aromatic rings. The number of benzene rings is 1. The van der Waals surface area contributed by atoms with Gasteiger partial charge in [-0.3, -0.25) is 4.79 Å². The number of halogens is 1. The minimum atomic E-state index is -2.87. The first-order valence-corrected chi connectivity index (χ1v) is 9.10. The molecule has 1 heterocycles. The van der Waals surface area contributed by atoms with Gasteiger partial charge in [0.15, 0.2) is 9.84 Å². The lowest BCUT2D eigenvalue weighted by Crippen LogP contribution is -2.34. The smallest absolute Gasteiger partial charge is 0.221 e. The number of sulfone groups is 1. The maximum Gasteiger partial charge on any atom is 0.221 e. The number of hydrogen-bond donors (Lipinski definition) is 2. The van der Waals surface area contributed by atoms with Crippen molar-refractivity contribution in [3.8, 4) is 0 Å². The maximum absolute atomic E-state index is 11.7. The van der Waals surface area contributed by atoms with Crippen LogP contribution in [0.3, 0.4) is 0 Å². The van der Waals surface area contributed by atoms with Crippen LogP contribution in [0.25, 0.3) is 0 Å². The Bertz CT molecular complexity index is 604. The second-order valence-corrected chi connectivity index (χ2v) is 7.81. The minimum absolute atomic E-state index is 0.0219. The first-order chi connectivity index (χ1) is 9.96. The summed E-state index contributed by atoms with van der Waals surface area (Å²) in [5.74, 6) is 0.334. The van der Waals surface area contributed by atoms with Crippen molar-refractivity contribution in [1.82, 2.24) is 10.6 Å². The quantitative estimate of drug-likeness (QED) is 0.819. The zero-order valence-electron chi connectivity index (χ0n) is 11.6. The molecule has 5 nitrogen and oxygen atoms in total. The van der Waals surface area contributed by atoms with Gasteiger partial charge >= 0.3 is 0 Å². The van der Waals surface area contributed by atoms with Crippen molar-refractivity contribution in [3.63, 3.8) is 0 Å². The molecule has 21 heavy (non-hydrogen) atoms. The third-order valence-electron chi connectivity index (χ3n) is 3.45. The van der Waals surface area contributed by atoms with Gasteiger partial charge in [-0.05, 0) is 18.1 Å². The molecule has 0 saturated carbocycles. The van der Waals surface area contributed by atoms with Gasteiger partial charge in [-0.25, -0.2) is 8.42 Å². The molecular formula is C14H19ClN2O3S. The average Bonchev–Trinajstić information content (AvgIpc) is 2.77. The van der Waals surface area contributed by atoms with Crippen LogP contribution >= 0.6 is 11.6 Å². The van der Waals surface area contributed by atoms with Crippen LogP contribution in [-0.2, 0) is 21.2 Å². The fourth-order valence-electron chi connectivity index (χ4n) is 2.27. The fourth-order valence-corrected chi connectivity index (χ4v) is 4.18. The highest BCUT2D eigenvalue weighted by Crippen LogP contribution is 2.14. The predicted octanol–water partition coefficient (Wildman–Crippen LogP) is 1.12. The van der Waals surface area contributed by atoms with E-state index in [0.29, 0.717) is 31.0 Å². The molecular weight excluding hydrogens is 312 g/mol. The lowest BCUT2D eigenvalue weighted by molar-refractivity contribution is -0.121. The first-order valence-electron chi connectivity index (χ1n) is 6.90. The van der Waals surface area contributed by atoms with Gasteiger partial charge < -0.3 is 10.6 Å². The highest BCUT2D eigenvalue weighted by molar-refractivity contribution is 7.91. The van der Waals surface area contributed by atoms with Crippen molar-refractivity contribution in [1.29, 1.82) is 0 Å². The zero-order valence-corrected chi connectivity index (χ0v) is 13.2. The van der Waals surface area contributed by atoms with E-state index < -0.39 is 9.84 Å². The average molecular weight is 331 g/mol. The summed E-state index contributed by atoms with van der Waals surface area (Å²) in [5.41, 5.74) is 0.877. The molecule has 1 unspecified atom stereocenters. The molecule has 0 spiro atoms. The lowest BCUT2D eigenvalue weighted by Gasteiger charge is -2.11. The molecule has 0 aliphatic carbocycles. The van der Waals surface area contributed by atoms with Gasteiger partial charge in [0.25, 0.3) is 0 Å². The summed E-state index contributed by atoms with van der Waals surface area (Å²) >= 11 is 6.00. The molecule has 1 atom stereocenters. The van der Waals surface area contributed by atoms with E-state index >= 15 is 0 Å². The Labute approximate surface area is 130 Å². The number of carbonyl (C=O) groups excluding carboxylic acids is 1.